The van der Waals surface area contributed by atoms with Gasteiger partial charge in [-0.25, -0.2) is 0 Å². The first-order valence-electron chi connectivity index (χ1n) is 7.62. The van der Waals surface area contributed by atoms with Gasteiger partial charge in [-0.15, -0.1) is 0 Å². The van der Waals surface area contributed by atoms with E-state index >= 15 is 0 Å². The van der Waals surface area contributed by atoms with E-state index in [1.807, 2.05) is 25.1 Å². The fourth-order valence-electron chi connectivity index (χ4n) is 2.36. The van der Waals surface area contributed by atoms with Crippen LogP contribution in [-0.4, -0.2) is 31.4 Å². The van der Waals surface area contributed by atoms with Crippen LogP contribution in [0.15, 0.2) is 18.2 Å². The number of anilines is 1. The number of hydrogen-bond acceptors (Lipinski definition) is 3. The summed E-state index contributed by atoms with van der Waals surface area (Å²) in [5, 5.41) is 8.90. The molecule has 0 radical (unpaired) electrons. The van der Waals surface area contributed by atoms with Crippen molar-refractivity contribution in [3.63, 3.8) is 0 Å². The zero-order valence-electron chi connectivity index (χ0n) is 12.5. The molecule has 1 aliphatic heterocycles. The van der Waals surface area contributed by atoms with Crippen molar-refractivity contribution in [2.75, 3.05) is 25.0 Å². The molecule has 21 heavy (non-hydrogen) atoms. The minimum atomic E-state index is -0.119. The molecule has 114 valence electrons. The molecule has 0 aromatic heterocycles. The molecule has 3 N–H and O–H groups in total. The second-order valence-electron chi connectivity index (χ2n) is 5.26. The van der Waals surface area contributed by atoms with Crippen molar-refractivity contribution in [2.45, 2.75) is 32.6 Å². The lowest BCUT2D eigenvalue weighted by Gasteiger charge is -2.18. The van der Waals surface area contributed by atoms with Crippen molar-refractivity contribution in [3.8, 4) is 0 Å². The number of rotatable bonds is 6. The topological polar surface area (TPSA) is 70.2 Å². The van der Waals surface area contributed by atoms with Gasteiger partial charge in [-0.1, -0.05) is 6.92 Å². The molecule has 0 saturated heterocycles. The van der Waals surface area contributed by atoms with Crippen molar-refractivity contribution in [2.24, 2.45) is 0 Å². The van der Waals surface area contributed by atoms with Crippen LogP contribution in [0.1, 0.15) is 42.1 Å². The van der Waals surface area contributed by atoms with E-state index in [4.69, 9.17) is 0 Å². The van der Waals surface area contributed by atoms with Gasteiger partial charge < -0.3 is 16.0 Å². The van der Waals surface area contributed by atoms with E-state index in [1.165, 1.54) is 5.56 Å². The standard InChI is InChI=1S/C16H23N3O2/c1-2-8-18-15(20)7-10-19-16(21)13-5-6-14-12(11-13)4-3-9-17-14/h5-6,11,17H,2-4,7-10H2,1H3,(H,18,20)(H,19,21). The van der Waals surface area contributed by atoms with Crippen molar-refractivity contribution in [1.82, 2.24) is 10.6 Å². The van der Waals surface area contributed by atoms with Gasteiger partial charge in [0.25, 0.3) is 5.91 Å². The van der Waals surface area contributed by atoms with E-state index in [-0.39, 0.29) is 11.8 Å². The van der Waals surface area contributed by atoms with Crippen LogP contribution in [0, 0.1) is 0 Å². The first-order valence-corrected chi connectivity index (χ1v) is 7.62. The third-order valence-corrected chi connectivity index (χ3v) is 3.52. The predicted octanol–water partition coefficient (Wildman–Crippen LogP) is 1.69. The van der Waals surface area contributed by atoms with Crippen LogP contribution in [0.4, 0.5) is 5.69 Å². The van der Waals surface area contributed by atoms with Gasteiger partial charge in [-0.05, 0) is 43.0 Å². The Morgan fingerprint density at radius 2 is 2.10 bits per heavy atom. The Labute approximate surface area is 125 Å². The number of hydrogen-bond donors (Lipinski definition) is 3. The molecule has 1 heterocycles. The lowest BCUT2D eigenvalue weighted by atomic mass is 10.0. The third-order valence-electron chi connectivity index (χ3n) is 3.52. The lowest BCUT2D eigenvalue weighted by Crippen LogP contribution is -2.31. The Morgan fingerprint density at radius 3 is 2.90 bits per heavy atom. The largest absolute Gasteiger partial charge is 0.385 e. The van der Waals surface area contributed by atoms with Crippen LogP contribution >= 0.6 is 0 Å². The smallest absolute Gasteiger partial charge is 0.251 e. The summed E-state index contributed by atoms with van der Waals surface area (Å²) in [5.41, 5.74) is 2.97. The fourth-order valence-corrected chi connectivity index (χ4v) is 2.36. The summed E-state index contributed by atoms with van der Waals surface area (Å²) in [6.07, 6.45) is 3.33. The highest BCUT2D eigenvalue weighted by Crippen LogP contribution is 2.22. The van der Waals surface area contributed by atoms with Crippen molar-refractivity contribution in [1.29, 1.82) is 0 Å². The monoisotopic (exact) mass is 289 g/mol. The maximum absolute atomic E-state index is 12.1. The molecule has 5 nitrogen and oxygen atoms in total. The molecule has 0 atom stereocenters. The molecule has 0 aliphatic carbocycles. The summed E-state index contributed by atoms with van der Waals surface area (Å²) < 4.78 is 0. The molecular weight excluding hydrogens is 266 g/mol. The van der Waals surface area contributed by atoms with Crippen molar-refractivity contribution in [3.05, 3.63) is 29.3 Å². The Kier molecular flexibility index (Phi) is 5.60. The third kappa shape index (κ3) is 4.48. The maximum atomic E-state index is 12.1. The van der Waals surface area contributed by atoms with E-state index in [0.29, 0.717) is 25.1 Å². The van der Waals surface area contributed by atoms with Crippen LogP contribution in [-0.2, 0) is 11.2 Å². The Morgan fingerprint density at radius 1 is 1.24 bits per heavy atom. The van der Waals surface area contributed by atoms with E-state index in [1.54, 1.807) is 0 Å². The second kappa shape index (κ2) is 7.67. The molecule has 1 aromatic rings. The van der Waals surface area contributed by atoms with Crippen LogP contribution in [0.25, 0.3) is 0 Å². The molecule has 0 fully saturated rings. The average Bonchev–Trinajstić information content (AvgIpc) is 2.52. The first kappa shape index (κ1) is 15.4. The number of carbonyl (C=O) groups excluding carboxylic acids is 2. The van der Waals surface area contributed by atoms with Gasteiger partial charge in [0.2, 0.25) is 5.91 Å². The summed E-state index contributed by atoms with van der Waals surface area (Å²) in [6.45, 7) is 4.05. The normalized spacial score (nSPS) is 13.0. The number of nitrogens with one attached hydrogen (secondary N) is 3. The van der Waals surface area contributed by atoms with E-state index in [2.05, 4.69) is 16.0 Å². The molecule has 5 heteroatoms. The van der Waals surface area contributed by atoms with E-state index in [9.17, 15) is 9.59 Å². The molecule has 2 amide bonds. The number of benzene rings is 1. The molecule has 0 spiro atoms. The summed E-state index contributed by atoms with van der Waals surface area (Å²) in [5.74, 6) is -0.140. The fraction of sp³-hybridized carbons (Fsp3) is 0.500. The van der Waals surface area contributed by atoms with Crippen molar-refractivity contribution >= 4 is 17.5 Å². The SMILES string of the molecule is CCCNC(=O)CCNC(=O)c1ccc2c(c1)CCCN2. The average molecular weight is 289 g/mol. The minimum Gasteiger partial charge on any atom is -0.385 e. The number of amides is 2. The van der Waals surface area contributed by atoms with Gasteiger partial charge in [0, 0.05) is 37.3 Å². The number of fused-ring (bicyclic) bond motifs is 1. The summed E-state index contributed by atoms with van der Waals surface area (Å²) >= 11 is 0. The second-order valence-corrected chi connectivity index (χ2v) is 5.26. The van der Waals surface area contributed by atoms with Crippen LogP contribution in [0.5, 0.6) is 0 Å². The molecule has 0 unspecified atom stereocenters. The van der Waals surface area contributed by atoms with Gasteiger partial charge in [0.15, 0.2) is 0 Å². The summed E-state index contributed by atoms with van der Waals surface area (Å²) in [6, 6.07) is 5.72. The maximum Gasteiger partial charge on any atom is 0.251 e. The Balaban J connectivity index is 1.82. The Bertz CT molecular complexity index is 514. The van der Waals surface area contributed by atoms with Crippen LogP contribution in [0.2, 0.25) is 0 Å². The van der Waals surface area contributed by atoms with Gasteiger partial charge in [0.1, 0.15) is 0 Å². The molecule has 0 bridgehead atoms. The Hall–Kier alpha value is -2.04. The quantitative estimate of drug-likeness (QED) is 0.746. The highest BCUT2D eigenvalue weighted by atomic mass is 16.2. The number of aryl methyl sites for hydroxylation is 1. The number of carbonyl (C=O) groups is 2. The molecule has 1 aliphatic rings. The first-order chi connectivity index (χ1) is 10.2. The molecule has 1 aromatic carbocycles. The molecule has 2 rings (SSSR count). The van der Waals surface area contributed by atoms with Gasteiger partial charge in [-0.3, -0.25) is 9.59 Å². The molecular formula is C16H23N3O2. The highest BCUT2D eigenvalue weighted by Gasteiger charge is 2.12. The summed E-state index contributed by atoms with van der Waals surface area (Å²) in [7, 11) is 0. The zero-order chi connectivity index (χ0) is 15.1. The van der Waals surface area contributed by atoms with Crippen LogP contribution < -0.4 is 16.0 Å². The highest BCUT2D eigenvalue weighted by molar-refractivity contribution is 5.95. The minimum absolute atomic E-state index is 0.0215. The lowest BCUT2D eigenvalue weighted by molar-refractivity contribution is -0.120. The zero-order valence-corrected chi connectivity index (χ0v) is 12.5. The van der Waals surface area contributed by atoms with Crippen LogP contribution in [0.3, 0.4) is 0 Å². The van der Waals surface area contributed by atoms with E-state index in [0.717, 1.165) is 31.5 Å². The van der Waals surface area contributed by atoms with Gasteiger partial charge >= 0.3 is 0 Å². The van der Waals surface area contributed by atoms with Gasteiger partial charge in [-0.2, -0.15) is 0 Å². The van der Waals surface area contributed by atoms with E-state index < -0.39 is 0 Å². The van der Waals surface area contributed by atoms with Crippen molar-refractivity contribution < 1.29 is 9.59 Å². The predicted molar refractivity (Wildman–Crippen MR) is 83.5 cm³/mol. The van der Waals surface area contributed by atoms with Gasteiger partial charge in [0.05, 0.1) is 0 Å². The summed E-state index contributed by atoms with van der Waals surface area (Å²) in [4.78, 5) is 23.5. The molecule has 0 saturated carbocycles.